The summed E-state index contributed by atoms with van der Waals surface area (Å²) in [6.45, 7) is 1.50. The smallest absolute Gasteiger partial charge is 0.223 e. The van der Waals surface area contributed by atoms with Crippen LogP contribution in [0.5, 0.6) is 0 Å². The topological polar surface area (TPSA) is 42.0 Å². The Bertz CT molecular complexity index is 618. The van der Waals surface area contributed by atoms with E-state index in [0.29, 0.717) is 5.13 Å². The molecule has 0 radical (unpaired) electrons. The summed E-state index contributed by atoms with van der Waals surface area (Å²) in [6.07, 6.45) is 4.95. The Morgan fingerprint density at radius 3 is 2.84 bits per heavy atom. The lowest BCUT2D eigenvalue weighted by Crippen LogP contribution is -2.05. The highest BCUT2D eigenvalue weighted by Gasteiger charge is 2.12. The summed E-state index contributed by atoms with van der Waals surface area (Å²) in [7, 11) is 0. The van der Waals surface area contributed by atoms with Crippen molar-refractivity contribution in [2.24, 2.45) is 0 Å². The average Bonchev–Trinajstić information content (AvgIpc) is 2.86. The lowest BCUT2D eigenvalue weighted by atomic mass is 9.90. The summed E-state index contributed by atoms with van der Waals surface area (Å²) >= 11 is 1.47. The number of rotatable bonds is 2. The van der Waals surface area contributed by atoms with Crippen LogP contribution in [0, 0.1) is 0 Å². The Balaban J connectivity index is 1.89. The number of carbonyl (C=O) groups excluding carboxylic acids is 1. The third-order valence-electron chi connectivity index (χ3n) is 3.43. The van der Waals surface area contributed by atoms with Crippen molar-refractivity contribution in [3.8, 4) is 11.3 Å². The van der Waals surface area contributed by atoms with Gasteiger partial charge in [-0.15, -0.1) is 11.3 Å². The van der Waals surface area contributed by atoms with Crippen LogP contribution in [0.1, 0.15) is 30.9 Å². The number of thiazole rings is 1. The first-order chi connectivity index (χ1) is 9.22. The standard InChI is InChI=1S/C15H16N2OS/c1-10(18)16-15-17-14(9-19-15)13-7-6-11-4-2-3-5-12(11)8-13/h6-9H,2-5H2,1H3,(H,16,17,18). The molecule has 98 valence electrons. The lowest BCUT2D eigenvalue weighted by molar-refractivity contribution is -0.114. The predicted octanol–water partition coefficient (Wildman–Crippen LogP) is 3.65. The number of anilines is 1. The molecule has 2 aromatic rings. The van der Waals surface area contributed by atoms with Gasteiger partial charge in [0.15, 0.2) is 5.13 Å². The van der Waals surface area contributed by atoms with E-state index in [4.69, 9.17) is 0 Å². The molecule has 0 fully saturated rings. The van der Waals surface area contributed by atoms with Crippen molar-refractivity contribution >= 4 is 22.4 Å². The molecular formula is C15H16N2OS. The normalized spacial score (nSPS) is 13.9. The highest BCUT2D eigenvalue weighted by Crippen LogP contribution is 2.29. The number of carbonyl (C=O) groups is 1. The summed E-state index contributed by atoms with van der Waals surface area (Å²) in [5.74, 6) is -0.0775. The number of fused-ring (bicyclic) bond motifs is 1. The highest BCUT2D eigenvalue weighted by atomic mass is 32.1. The van der Waals surface area contributed by atoms with Crippen LogP contribution in [0.25, 0.3) is 11.3 Å². The molecule has 4 heteroatoms. The monoisotopic (exact) mass is 272 g/mol. The highest BCUT2D eigenvalue weighted by molar-refractivity contribution is 7.14. The van der Waals surface area contributed by atoms with E-state index in [-0.39, 0.29) is 5.91 Å². The molecule has 0 unspecified atom stereocenters. The number of nitrogens with one attached hydrogen (secondary N) is 1. The number of amides is 1. The Morgan fingerprint density at radius 2 is 2.05 bits per heavy atom. The molecule has 1 heterocycles. The minimum atomic E-state index is -0.0775. The maximum atomic E-state index is 11.0. The van der Waals surface area contributed by atoms with Gasteiger partial charge in [-0.2, -0.15) is 0 Å². The molecular weight excluding hydrogens is 256 g/mol. The maximum Gasteiger partial charge on any atom is 0.223 e. The van der Waals surface area contributed by atoms with Gasteiger partial charge in [0.05, 0.1) is 5.69 Å². The molecule has 1 aromatic carbocycles. The van der Waals surface area contributed by atoms with Crippen molar-refractivity contribution in [2.75, 3.05) is 5.32 Å². The molecule has 1 N–H and O–H groups in total. The third-order valence-corrected chi connectivity index (χ3v) is 4.19. The van der Waals surface area contributed by atoms with Gasteiger partial charge in [0, 0.05) is 17.9 Å². The first kappa shape index (κ1) is 12.4. The van der Waals surface area contributed by atoms with Gasteiger partial charge in [-0.3, -0.25) is 4.79 Å². The first-order valence-electron chi connectivity index (χ1n) is 6.57. The minimum absolute atomic E-state index is 0.0775. The summed E-state index contributed by atoms with van der Waals surface area (Å²) in [6, 6.07) is 6.61. The second-order valence-electron chi connectivity index (χ2n) is 4.91. The molecule has 19 heavy (non-hydrogen) atoms. The van der Waals surface area contributed by atoms with E-state index < -0.39 is 0 Å². The number of aryl methyl sites for hydroxylation is 2. The largest absolute Gasteiger partial charge is 0.302 e. The molecule has 1 amide bonds. The van der Waals surface area contributed by atoms with Crippen LogP contribution in [-0.2, 0) is 17.6 Å². The van der Waals surface area contributed by atoms with Gasteiger partial charge < -0.3 is 5.32 Å². The van der Waals surface area contributed by atoms with E-state index in [1.165, 1.54) is 55.1 Å². The molecule has 0 spiro atoms. The molecule has 0 saturated carbocycles. The quantitative estimate of drug-likeness (QED) is 0.906. The van der Waals surface area contributed by atoms with Crippen LogP contribution < -0.4 is 5.32 Å². The fraction of sp³-hybridized carbons (Fsp3) is 0.333. The summed E-state index contributed by atoms with van der Waals surface area (Å²) in [5.41, 5.74) is 5.03. The van der Waals surface area contributed by atoms with Crippen LogP contribution in [0.4, 0.5) is 5.13 Å². The third kappa shape index (κ3) is 2.68. The zero-order chi connectivity index (χ0) is 13.2. The Hall–Kier alpha value is -1.68. The van der Waals surface area contributed by atoms with Crippen molar-refractivity contribution < 1.29 is 4.79 Å². The van der Waals surface area contributed by atoms with Crippen LogP contribution in [0.2, 0.25) is 0 Å². The SMILES string of the molecule is CC(=O)Nc1nc(-c2ccc3c(c2)CCCC3)cs1. The summed E-state index contributed by atoms with van der Waals surface area (Å²) in [4.78, 5) is 15.5. The van der Waals surface area contributed by atoms with Crippen LogP contribution in [-0.4, -0.2) is 10.9 Å². The first-order valence-corrected chi connectivity index (χ1v) is 7.45. The zero-order valence-corrected chi connectivity index (χ0v) is 11.7. The average molecular weight is 272 g/mol. The van der Waals surface area contributed by atoms with Crippen LogP contribution in [0.15, 0.2) is 23.6 Å². The number of aromatic nitrogens is 1. The second kappa shape index (κ2) is 5.13. The van der Waals surface area contributed by atoms with Crippen molar-refractivity contribution in [3.05, 3.63) is 34.7 Å². The fourth-order valence-electron chi connectivity index (χ4n) is 2.51. The predicted molar refractivity (Wildman–Crippen MR) is 78.5 cm³/mol. The Labute approximate surface area is 116 Å². The van der Waals surface area contributed by atoms with E-state index in [2.05, 4.69) is 28.5 Å². The van der Waals surface area contributed by atoms with Gasteiger partial charge in [0.25, 0.3) is 0 Å². The van der Waals surface area contributed by atoms with E-state index in [0.717, 1.165) is 11.3 Å². The molecule has 0 saturated heterocycles. The van der Waals surface area contributed by atoms with E-state index in [1.807, 2.05) is 5.38 Å². The van der Waals surface area contributed by atoms with Gasteiger partial charge >= 0.3 is 0 Å². The molecule has 1 aliphatic carbocycles. The zero-order valence-electron chi connectivity index (χ0n) is 10.9. The van der Waals surface area contributed by atoms with Crippen molar-refractivity contribution in [3.63, 3.8) is 0 Å². The number of benzene rings is 1. The molecule has 3 rings (SSSR count). The molecule has 0 atom stereocenters. The maximum absolute atomic E-state index is 11.0. The summed E-state index contributed by atoms with van der Waals surface area (Å²) in [5, 5.41) is 5.39. The van der Waals surface area contributed by atoms with Gasteiger partial charge in [-0.25, -0.2) is 4.98 Å². The van der Waals surface area contributed by atoms with Gasteiger partial charge in [0.2, 0.25) is 5.91 Å². The fourth-order valence-corrected chi connectivity index (χ4v) is 3.27. The number of hydrogen-bond donors (Lipinski definition) is 1. The summed E-state index contributed by atoms with van der Waals surface area (Å²) < 4.78 is 0. The van der Waals surface area contributed by atoms with E-state index >= 15 is 0 Å². The number of hydrogen-bond acceptors (Lipinski definition) is 3. The molecule has 0 bridgehead atoms. The Morgan fingerprint density at radius 1 is 1.26 bits per heavy atom. The van der Waals surface area contributed by atoms with Crippen LogP contribution >= 0.6 is 11.3 Å². The van der Waals surface area contributed by atoms with Crippen molar-refractivity contribution in [2.45, 2.75) is 32.6 Å². The lowest BCUT2D eigenvalue weighted by Gasteiger charge is -2.16. The molecule has 0 aliphatic heterocycles. The van der Waals surface area contributed by atoms with E-state index in [9.17, 15) is 4.79 Å². The van der Waals surface area contributed by atoms with E-state index in [1.54, 1.807) is 0 Å². The van der Waals surface area contributed by atoms with Gasteiger partial charge in [0.1, 0.15) is 0 Å². The number of nitrogens with zero attached hydrogens (tertiary/aromatic N) is 1. The van der Waals surface area contributed by atoms with Gasteiger partial charge in [-0.1, -0.05) is 12.1 Å². The Kier molecular flexibility index (Phi) is 3.34. The van der Waals surface area contributed by atoms with Crippen molar-refractivity contribution in [1.82, 2.24) is 4.98 Å². The molecule has 3 nitrogen and oxygen atoms in total. The minimum Gasteiger partial charge on any atom is -0.302 e. The van der Waals surface area contributed by atoms with Gasteiger partial charge in [-0.05, 0) is 42.9 Å². The second-order valence-corrected chi connectivity index (χ2v) is 5.77. The van der Waals surface area contributed by atoms with Crippen molar-refractivity contribution in [1.29, 1.82) is 0 Å². The van der Waals surface area contributed by atoms with Crippen LogP contribution in [0.3, 0.4) is 0 Å². The molecule has 1 aliphatic rings. The molecule has 1 aromatic heterocycles.